The lowest BCUT2D eigenvalue weighted by Crippen LogP contribution is -2.35. The third-order valence-electron chi connectivity index (χ3n) is 4.34. The Balaban J connectivity index is 1.87. The Bertz CT molecular complexity index is 735. The smallest absolute Gasteiger partial charge is 0.235 e. The molecular formula is C20H23N3O. The first-order valence-corrected chi connectivity index (χ1v) is 8.31. The molecule has 0 aromatic heterocycles. The summed E-state index contributed by atoms with van der Waals surface area (Å²) in [6.07, 6.45) is 0. The van der Waals surface area contributed by atoms with Crippen LogP contribution in [0.15, 0.2) is 59.7 Å². The summed E-state index contributed by atoms with van der Waals surface area (Å²) in [7, 11) is 0. The lowest BCUT2D eigenvalue weighted by molar-refractivity contribution is -0.118. The van der Waals surface area contributed by atoms with Gasteiger partial charge in [-0.3, -0.25) is 4.79 Å². The molecule has 2 atom stereocenters. The molecule has 0 aliphatic carbocycles. The molecule has 2 aromatic carbocycles. The van der Waals surface area contributed by atoms with Gasteiger partial charge >= 0.3 is 0 Å². The number of anilines is 1. The van der Waals surface area contributed by atoms with Crippen molar-refractivity contribution in [3.63, 3.8) is 0 Å². The maximum absolute atomic E-state index is 12.9. The van der Waals surface area contributed by atoms with E-state index >= 15 is 0 Å². The average molecular weight is 321 g/mol. The van der Waals surface area contributed by atoms with Gasteiger partial charge in [0.2, 0.25) is 5.91 Å². The fourth-order valence-corrected chi connectivity index (χ4v) is 3.02. The molecule has 1 aliphatic heterocycles. The van der Waals surface area contributed by atoms with E-state index in [0.717, 1.165) is 17.0 Å². The molecule has 0 saturated heterocycles. The van der Waals surface area contributed by atoms with Crippen LogP contribution in [-0.4, -0.2) is 11.6 Å². The zero-order valence-corrected chi connectivity index (χ0v) is 14.3. The number of para-hydroxylation sites is 1. The van der Waals surface area contributed by atoms with Gasteiger partial charge in [0, 0.05) is 5.69 Å². The number of hydrogen-bond donors (Lipinski definition) is 2. The predicted molar refractivity (Wildman–Crippen MR) is 97.9 cm³/mol. The summed E-state index contributed by atoms with van der Waals surface area (Å²) < 4.78 is 0. The average Bonchev–Trinajstić information content (AvgIpc) is 3.02. The van der Waals surface area contributed by atoms with Crippen LogP contribution in [0.25, 0.3) is 0 Å². The molecule has 2 N–H and O–H groups in total. The topological polar surface area (TPSA) is 53.5 Å². The Labute approximate surface area is 143 Å². The molecule has 0 fully saturated rings. The molecule has 2 aromatic rings. The molecule has 0 saturated carbocycles. The van der Waals surface area contributed by atoms with Crippen LogP contribution in [0.1, 0.15) is 31.0 Å². The highest BCUT2D eigenvalue weighted by molar-refractivity contribution is 6.11. The number of aryl methyl sites for hydroxylation is 1. The summed E-state index contributed by atoms with van der Waals surface area (Å²) in [5.41, 5.74) is 7.15. The van der Waals surface area contributed by atoms with E-state index in [1.165, 1.54) is 5.56 Å². The number of nitrogens with one attached hydrogen (secondary N) is 2. The van der Waals surface area contributed by atoms with Crippen LogP contribution in [-0.2, 0) is 4.79 Å². The predicted octanol–water partition coefficient (Wildman–Crippen LogP) is 3.91. The van der Waals surface area contributed by atoms with Crippen LogP contribution in [0, 0.1) is 18.8 Å². The highest BCUT2D eigenvalue weighted by Crippen LogP contribution is 2.31. The van der Waals surface area contributed by atoms with Crippen molar-refractivity contribution in [3.8, 4) is 0 Å². The van der Waals surface area contributed by atoms with Crippen molar-refractivity contribution in [2.75, 3.05) is 5.32 Å². The first kappa shape index (κ1) is 16.2. The minimum Gasteiger partial charge on any atom is -0.325 e. The van der Waals surface area contributed by atoms with E-state index in [1.54, 1.807) is 0 Å². The molecule has 1 heterocycles. The Morgan fingerprint density at radius 3 is 2.38 bits per heavy atom. The molecule has 0 radical (unpaired) electrons. The number of benzene rings is 2. The van der Waals surface area contributed by atoms with Crippen molar-refractivity contribution in [2.24, 2.45) is 16.9 Å². The van der Waals surface area contributed by atoms with Gasteiger partial charge in [-0.1, -0.05) is 61.9 Å². The van der Waals surface area contributed by atoms with Crippen LogP contribution >= 0.6 is 0 Å². The minimum atomic E-state index is -0.312. The van der Waals surface area contributed by atoms with E-state index in [0.29, 0.717) is 0 Å². The van der Waals surface area contributed by atoms with Gasteiger partial charge in [0.05, 0.1) is 11.8 Å². The summed E-state index contributed by atoms with van der Waals surface area (Å²) in [6, 6.07) is 17.7. The Hall–Kier alpha value is -2.62. The van der Waals surface area contributed by atoms with E-state index in [9.17, 15) is 4.79 Å². The van der Waals surface area contributed by atoms with Crippen molar-refractivity contribution < 1.29 is 4.79 Å². The second-order valence-electron chi connectivity index (χ2n) is 6.54. The van der Waals surface area contributed by atoms with Gasteiger partial charge in [0.25, 0.3) is 0 Å². The number of amides is 1. The Kier molecular flexibility index (Phi) is 4.65. The molecule has 1 aliphatic rings. The third kappa shape index (κ3) is 3.32. The van der Waals surface area contributed by atoms with E-state index in [1.807, 2.05) is 30.3 Å². The number of carbonyl (C=O) groups is 1. The first-order valence-electron chi connectivity index (χ1n) is 8.31. The Morgan fingerprint density at radius 1 is 1.08 bits per heavy atom. The zero-order valence-electron chi connectivity index (χ0n) is 14.3. The quantitative estimate of drug-likeness (QED) is 0.897. The zero-order chi connectivity index (χ0) is 17.1. The molecule has 2 unspecified atom stereocenters. The van der Waals surface area contributed by atoms with Gasteiger partial charge in [0.1, 0.15) is 5.92 Å². The fourth-order valence-electron chi connectivity index (χ4n) is 3.02. The summed E-state index contributed by atoms with van der Waals surface area (Å²) in [5, 5.41) is 7.49. The van der Waals surface area contributed by atoms with Crippen molar-refractivity contribution in [1.29, 1.82) is 0 Å². The number of rotatable bonds is 4. The number of nitrogens with zero attached hydrogens (tertiary/aromatic N) is 1. The lowest BCUT2D eigenvalue weighted by Gasteiger charge is -2.22. The van der Waals surface area contributed by atoms with Crippen molar-refractivity contribution in [2.45, 2.75) is 26.8 Å². The summed E-state index contributed by atoms with van der Waals surface area (Å²) in [4.78, 5) is 12.9. The maximum Gasteiger partial charge on any atom is 0.235 e. The van der Waals surface area contributed by atoms with Gasteiger partial charge in [-0.05, 0) is 30.5 Å². The monoisotopic (exact) mass is 321 g/mol. The molecule has 1 amide bonds. The second-order valence-corrected chi connectivity index (χ2v) is 6.54. The van der Waals surface area contributed by atoms with Crippen molar-refractivity contribution in [3.05, 3.63) is 65.7 Å². The number of carbonyl (C=O) groups excluding carboxylic acids is 1. The van der Waals surface area contributed by atoms with Crippen LogP contribution < -0.4 is 10.7 Å². The number of hydrogen-bond acceptors (Lipinski definition) is 3. The van der Waals surface area contributed by atoms with Gasteiger partial charge in [-0.15, -0.1) is 0 Å². The van der Waals surface area contributed by atoms with Crippen LogP contribution in [0.3, 0.4) is 0 Å². The SMILES string of the molecule is Cc1ccc(C2NN=C(C(C)C)C2C(=O)Nc2ccccc2)cc1. The lowest BCUT2D eigenvalue weighted by atomic mass is 9.85. The molecule has 0 spiro atoms. The molecule has 4 heteroatoms. The molecular weight excluding hydrogens is 298 g/mol. The first-order chi connectivity index (χ1) is 11.6. The van der Waals surface area contributed by atoms with Crippen molar-refractivity contribution >= 4 is 17.3 Å². The maximum atomic E-state index is 12.9. The van der Waals surface area contributed by atoms with Gasteiger partial charge < -0.3 is 10.7 Å². The van der Waals surface area contributed by atoms with Crippen LogP contribution in [0.4, 0.5) is 5.69 Å². The summed E-state index contributed by atoms with van der Waals surface area (Å²) in [5.74, 6) is -0.128. The van der Waals surface area contributed by atoms with Crippen LogP contribution in [0.2, 0.25) is 0 Å². The summed E-state index contributed by atoms with van der Waals surface area (Å²) >= 11 is 0. The molecule has 0 bridgehead atoms. The molecule has 3 rings (SSSR count). The van der Waals surface area contributed by atoms with Crippen molar-refractivity contribution in [1.82, 2.24) is 5.43 Å². The van der Waals surface area contributed by atoms with Gasteiger partial charge in [0.15, 0.2) is 0 Å². The standard InChI is InChI=1S/C20H23N3O/c1-13(2)18-17(20(24)21-16-7-5-4-6-8-16)19(23-22-18)15-11-9-14(3)10-12-15/h4-13,17,19,23H,1-3H3,(H,21,24). The van der Waals surface area contributed by atoms with Gasteiger partial charge in [-0.2, -0.15) is 5.10 Å². The highest BCUT2D eigenvalue weighted by Gasteiger charge is 2.39. The second kappa shape index (κ2) is 6.87. The summed E-state index contributed by atoms with van der Waals surface area (Å²) in [6.45, 7) is 6.20. The van der Waals surface area contributed by atoms with E-state index in [-0.39, 0.29) is 23.8 Å². The normalized spacial score (nSPS) is 19.8. The molecule has 124 valence electrons. The largest absolute Gasteiger partial charge is 0.325 e. The van der Waals surface area contributed by atoms with E-state index in [4.69, 9.17) is 0 Å². The van der Waals surface area contributed by atoms with E-state index < -0.39 is 0 Å². The van der Waals surface area contributed by atoms with Gasteiger partial charge in [-0.25, -0.2) is 0 Å². The third-order valence-corrected chi connectivity index (χ3v) is 4.34. The number of hydrazone groups is 1. The fraction of sp³-hybridized carbons (Fsp3) is 0.300. The molecule has 4 nitrogen and oxygen atoms in total. The highest BCUT2D eigenvalue weighted by atomic mass is 16.2. The van der Waals surface area contributed by atoms with Crippen LogP contribution in [0.5, 0.6) is 0 Å². The Morgan fingerprint density at radius 2 is 1.75 bits per heavy atom. The minimum absolute atomic E-state index is 0.0239. The van der Waals surface area contributed by atoms with E-state index in [2.05, 4.69) is 60.9 Å². The molecule has 24 heavy (non-hydrogen) atoms.